The molecular weight excluding hydrogens is 917 g/mol. The van der Waals surface area contributed by atoms with Crippen LogP contribution in [0.25, 0.3) is 11.1 Å². The van der Waals surface area contributed by atoms with E-state index in [0.717, 1.165) is 22.3 Å². The highest BCUT2D eigenvalue weighted by atomic mass is 28.4. The van der Waals surface area contributed by atoms with Crippen molar-refractivity contribution in [2.24, 2.45) is 0 Å². The molecule has 386 valence electrons. The molecule has 2 aromatic carbocycles. The molecule has 2 aromatic rings. The standard InChI is InChI=1S/C48H80N2O16Si2/c1-9-53-31-42(65-47(51)49-23-17-25-67(59-11-3,60-12-4)61-13-5)30-40-28-38(20-22-46(40)57-35-43-34-56-43)37-19-21-45(39(27-37)29-41-33-55-41)58-36-44(32-54-10-2)66-48(52)50-24-18-26-68(62-14-6,63-15-7)64-16-8/h19-22,27-28,41-44H,9-18,23-26,29-36H2,1-8H3,(H,49,51)(H,50,52). The van der Waals surface area contributed by atoms with Gasteiger partial charge in [0, 0.05) is 90.9 Å². The highest BCUT2D eigenvalue weighted by Gasteiger charge is 2.41. The van der Waals surface area contributed by atoms with Gasteiger partial charge in [0.25, 0.3) is 0 Å². The lowest BCUT2D eigenvalue weighted by Crippen LogP contribution is -2.46. The van der Waals surface area contributed by atoms with Gasteiger partial charge in [-0.25, -0.2) is 9.59 Å². The number of amides is 2. The van der Waals surface area contributed by atoms with Gasteiger partial charge in [-0.3, -0.25) is 0 Å². The molecule has 4 rings (SSSR count). The molecule has 2 amide bonds. The van der Waals surface area contributed by atoms with Gasteiger partial charge in [-0.2, -0.15) is 0 Å². The van der Waals surface area contributed by atoms with Crippen molar-refractivity contribution >= 4 is 29.8 Å². The van der Waals surface area contributed by atoms with Gasteiger partial charge in [-0.1, -0.05) is 12.1 Å². The number of epoxide rings is 2. The van der Waals surface area contributed by atoms with E-state index in [1.807, 2.05) is 79.7 Å². The van der Waals surface area contributed by atoms with Crippen LogP contribution in [-0.4, -0.2) is 160 Å². The van der Waals surface area contributed by atoms with Crippen LogP contribution in [0.1, 0.15) is 79.4 Å². The van der Waals surface area contributed by atoms with Crippen LogP contribution in [0.5, 0.6) is 11.5 Å². The topological polar surface area (TPSA) is 194 Å². The normalized spacial score (nSPS) is 16.5. The lowest BCUT2D eigenvalue weighted by Gasteiger charge is -2.28. The van der Waals surface area contributed by atoms with Crippen molar-refractivity contribution in [1.82, 2.24) is 10.6 Å². The Kier molecular flexibility index (Phi) is 26.7. The highest BCUT2D eigenvalue weighted by Crippen LogP contribution is 2.34. The monoisotopic (exact) mass is 997 g/mol. The number of carbonyl (C=O) groups excluding carboxylic acids is 2. The van der Waals surface area contributed by atoms with E-state index in [1.54, 1.807) is 0 Å². The fraction of sp³-hybridized carbons (Fsp3) is 0.708. The lowest BCUT2D eigenvalue weighted by molar-refractivity contribution is 0.00146. The average Bonchev–Trinajstić information content (AvgIpc) is 4.28. The summed E-state index contributed by atoms with van der Waals surface area (Å²) in [5, 5.41) is 5.74. The zero-order chi connectivity index (χ0) is 49.0. The summed E-state index contributed by atoms with van der Waals surface area (Å²) in [5.41, 5.74) is 3.68. The molecule has 2 fully saturated rings. The molecular formula is C48H80N2O16Si2. The van der Waals surface area contributed by atoms with Gasteiger partial charge < -0.3 is 75.1 Å². The smallest absolute Gasteiger partial charge is 0.491 e. The van der Waals surface area contributed by atoms with E-state index in [1.165, 1.54) is 0 Å². The number of carbonyl (C=O) groups is 2. The van der Waals surface area contributed by atoms with Crippen molar-refractivity contribution in [3.8, 4) is 22.6 Å². The third-order valence-corrected chi connectivity index (χ3v) is 16.9. The summed E-state index contributed by atoms with van der Waals surface area (Å²) in [5.74, 6) is 1.33. The van der Waals surface area contributed by atoms with Gasteiger partial charge in [-0.05, 0) is 115 Å². The summed E-state index contributed by atoms with van der Waals surface area (Å²) in [4.78, 5) is 26.2. The van der Waals surface area contributed by atoms with Gasteiger partial charge in [0.1, 0.15) is 36.9 Å². The maximum Gasteiger partial charge on any atom is 0.500 e. The van der Waals surface area contributed by atoms with Gasteiger partial charge in [0.2, 0.25) is 0 Å². The van der Waals surface area contributed by atoms with Gasteiger partial charge in [0.05, 0.1) is 32.5 Å². The van der Waals surface area contributed by atoms with E-state index in [4.69, 9.17) is 64.5 Å². The Hall–Kier alpha value is -3.39. The molecule has 2 aliphatic rings. The first-order valence-electron chi connectivity index (χ1n) is 24.7. The van der Waals surface area contributed by atoms with Crippen molar-refractivity contribution in [1.29, 1.82) is 0 Å². The Bertz CT molecular complexity index is 1700. The molecule has 2 heterocycles. The molecule has 0 saturated carbocycles. The number of ether oxygens (including phenoxy) is 8. The van der Waals surface area contributed by atoms with Crippen LogP contribution in [0, 0.1) is 0 Å². The molecule has 0 aromatic heterocycles. The number of rotatable bonds is 39. The van der Waals surface area contributed by atoms with Crippen LogP contribution in [0.2, 0.25) is 12.1 Å². The van der Waals surface area contributed by atoms with Crippen molar-refractivity contribution in [2.45, 2.75) is 118 Å². The number of nitrogens with one attached hydrogen (secondary N) is 2. The first-order valence-corrected chi connectivity index (χ1v) is 28.6. The predicted octanol–water partition coefficient (Wildman–Crippen LogP) is 7.13. The molecule has 2 N–H and O–H groups in total. The predicted molar refractivity (Wildman–Crippen MR) is 259 cm³/mol. The molecule has 20 heteroatoms. The van der Waals surface area contributed by atoms with E-state index in [-0.39, 0.29) is 32.0 Å². The summed E-state index contributed by atoms with van der Waals surface area (Å²) >= 11 is 0. The van der Waals surface area contributed by atoms with Crippen molar-refractivity contribution in [2.75, 3.05) is 106 Å². The average molecular weight is 997 g/mol. The van der Waals surface area contributed by atoms with Crippen molar-refractivity contribution < 1.29 is 74.0 Å². The Morgan fingerprint density at radius 2 is 1.01 bits per heavy atom. The second kappa shape index (κ2) is 31.8. The van der Waals surface area contributed by atoms with E-state index in [0.29, 0.717) is 135 Å². The summed E-state index contributed by atoms with van der Waals surface area (Å²) in [6.45, 7) is 22.0. The second-order valence-electron chi connectivity index (χ2n) is 16.0. The molecule has 2 saturated heterocycles. The summed E-state index contributed by atoms with van der Waals surface area (Å²) in [7, 11) is -5.67. The van der Waals surface area contributed by atoms with E-state index >= 15 is 0 Å². The van der Waals surface area contributed by atoms with Crippen LogP contribution in [0.3, 0.4) is 0 Å². The highest BCUT2D eigenvalue weighted by molar-refractivity contribution is 6.61. The van der Waals surface area contributed by atoms with Crippen LogP contribution >= 0.6 is 0 Å². The zero-order valence-electron chi connectivity index (χ0n) is 41.9. The van der Waals surface area contributed by atoms with Crippen LogP contribution in [0.4, 0.5) is 9.59 Å². The minimum absolute atomic E-state index is 0.0476. The molecule has 2 aliphatic heterocycles. The minimum atomic E-state index is -2.84. The second-order valence-corrected chi connectivity index (χ2v) is 21.4. The molecule has 0 radical (unpaired) electrons. The third-order valence-electron chi connectivity index (χ3n) is 10.6. The van der Waals surface area contributed by atoms with E-state index in [2.05, 4.69) is 22.8 Å². The summed E-state index contributed by atoms with van der Waals surface area (Å²) < 4.78 is 82.7. The van der Waals surface area contributed by atoms with E-state index < -0.39 is 42.0 Å². The Morgan fingerprint density at radius 1 is 0.574 bits per heavy atom. The number of hydrogen-bond acceptors (Lipinski definition) is 16. The largest absolute Gasteiger partial charge is 0.500 e. The Morgan fingerprint density at radius 3 is 1.47 bits per heavy atom. The third kappa shape index (κ3) is 20.9. The fourth-order valence-corrected chi connectivity index (χ4v) is 12.7. The molecule has 18 nitrogen and oxygen atoms in total. The van der Waals surface area contributed by atoms with Crippen LogP contribution in [-0.2, 0) is 67.8 Å². The molecule has 0 aliphatic carbocycles. The quantitative estimate of drug-likeness (QED) is 0.0390. The van der Waals surface area contributed by atoms with Gasteiger partial charge in [-0.15, -0.1) is 0 Å². The van der Waals surface area contributed by atoms with Crippen molar-refractivity contribution in [3.63, 3.8) is 0 Å². The summed E-state index contributed by atoms with van der Waals surface area (Å²) in [6.07, 6.45) is -0.0972. The first kappa shape index (κ1) is 57.2. The van der Waals surface area contributed by atoms with E-state index in [9.17, 15) is 9.59 Å². The Labute approximate surface area is 406 Å². The molecule has 0 bridgehead atoms. The SMILES string of the molecule is CCOCC(COc1ccc(-c2ccc(OCC3CO3)c(CC(COCC)OC(=O)NCCC[Si](OCC)(OCC)OCC)c2)cc1CC1CO1)OC(=O)NCCC[Si](OCC)(OCC)OCC. The van der Waals surface area contributed by atoms with Gasteiger partial charge >= 0.3 is 29.8 Å². The maximum absolute atomic E-state index is 13.2. The lowest BCUT2D eigenvalue weighted by atomic mass is 9.96. The first-order chi connectivity index (χ1) is 33.1. The number of hydrogen-bond donors (Lipinski definition) is 2. The van der Waals surface area contributed by atoms with Crippen molar-refractivity contribution in [3.05, 3.63) is 47.5 Å². The maximum atomic E-state index is 13.2. The molecule has 0 spiro atoms. The molecule has 4 atom stereocenters. The fourth-order valence-electron chi connectivity index (χ4n) is 7.45. The van der Waals surface area contributed by atoms with Crippen LogP contribution in [0.15, 0.2) is 36.4 Å². The molecule has 68 heavy (non-hydrogen) atoms. The minimum Gasteiger partial charge on any atom is -0.491 e. The Balaban J connectivity index is 1.45. The number of benzene rings is 2. The van der Waals surface area contributed by atoms with Crippen LogP contribution < -0.4 is 20.1 Å². The molecule has 4 unspecified atom stereocenters. The summed E-state index contributed by atoms with van der Waals surface area (Å²) in [6, 6.07) is 13.2. The zero-order valence-corrected chi connectivity index (χ0v) is 43.9. The number of alkyl carbamates (subject to hydrolysis) is 2. The van der Waals surface area contributed by atoms with Gasteiger partial charge in [0.15, 0.2) is 6.10 Å².